The first kappa shape index (κ1) is 20.0. The van der Waals surface area contributed by atoms with E-state index in [0.717, 1.165) is 24.0 Å². The van der Waals surface area contributed by atoms with Gasteiger partial charge in [0.1, 0.15) is 0 Å². The van der Waals surface area contributed by atoms with E-state index >= 15 is 0 Å². The fraction of sp³-hybridized carbons (Fsp3) is 0.200. The largest absolute Gasteiger partial charge is 0.253 e. The van der Waals surface area contributed by atoms with Gasteiger partial charge in [-0.1, -0.05) is 35.9 Å². The Bertz CT molecular complexity index is 1140. The van der Waals surface area contributed by atoms with Crippen LogP contribution in [0.15, 0.2) is 63.9 Å². The highest BCUT2D eigenvalue weighted by Crippen LogP contribution is 2.28. The molecule has 0 aliphatic carbocycles. The lowest BCUT2D eigenvalue weighted by molar-refractivity contribution is 0.477. The van der Waals surface area contributed by atoms with Gasteiger partial charge in [0.2, 0.25) is 15.2 Å². The zero-order valence-electron chi connectivity index (χ0n) is 15.5. The molecular weight excluding hydrogens is 428 g/mol. The van der Waals surface area contributed by atoms with E-state index in [0.29, 0.717) is 33.8 Å². The van der Waals surface area contributed by atoms with Gasteiger partial charge < -0.3 is 0 Å². The zero-order chi connectivity index (χ0) is 20.3. The topological polar surface area (TPSA) is 74.7 Å². The average Bonchev–Trinajstić information content (AvgIpc) is 3.41. The Balaban J connectivity index is 1.49. The number of nitrogens with one attached hydrogen (secondary N) is 1. The van der Waals surface area contributed by atoms with Crippen molar-refractivity contribution in [3.8, 4) is 11.3 Å². The summed E-state index contributed by atoms with van der Waals surface area (Å²) < 4.78 is 27.1. The van der Waals surface area contributed by atoms with Crippen molar-refractivity contribution in [1.82, 2.24) is 9.29 Å². The molecule has 1 aliphatic rings. The van der Waals surface area contributed by atoms with Crippen LogP contribution in [0, 0.1) is 0 Å². The number of sulfonamides is 1. The van der Waals surface area contributed by atoms with E-state index in [9.17, 15) is 8.42 Å². The van der Waals surface area contributed by atoms with E-state index in [2.05, 4.69) is 15.5 Å². The van der Waals surface area contributed by atoms with Crippen LogP contribution < -0.4 is 5.43 Å². The molecule has 0 radical (unpaired) electrons. The summed E-state index contributed by atoms with van der Waals surface area (Å²) in [5.41, 5.74) is 5.24. The number of hydrogen-bond acceptors (Lipinski definition) is 6. The van der Waals surface area contributed by atoms with Crippen molar-refractivity contribution in [2.75, 3.05) is 18.5 Å². The number of rotatable bonds is 6. The highest BCUT2D eigenvalue weighted by atomic mass is 35.5. The van der Waals surface area contributed by atoms with Gasteiger partial charge in [-0.15, -0.1) is 11.3 Å². The predicted octanol–water partition coefficient (Wildman–Crippen LogP) is 4.69. The molecule has 1 fully saturated rings. The molecule has 9 heteroatoms. The van der Waals surface area contributed by atoms with Crippen LogP contribution in [0.1, 0.15) is 18.4 Å². The van der Waals surface area contributed by atoms with Crippen molar-refractivity contribution < 1.29 is 8.42 Å². The minimum Gasteiger partial charge on any atom is -0.253 e. The smallest absolute Gasteiger partial charge is 0.243 e. The second-order valence-corrected chi connectivity index (χ2v) is 9.83. The fourth-order valence-corrected chi connectivity index (χ4v) is 5.53. The monoisotopic (exact) mass is 446 g/mol. The van der Waals surface area contributed by atoms with Gasteiger partial charge in [-0.25, -0.2) is 13.4 Å². The zero-order valence-corrected chi connectivity index (χ0v) is 17.8. The van der Waals surface area contributed by atoms with E-state index in [1.165, 1.54) is 11.3 Å². The third-order valence-electron chi connectivity index (χ3n) is 4.56. The lowest BCUT2D eigenvalue weighted by Crippen LogP contribution is -2.27. The predicted molar refractivity (Wildman–Crippen MR) is 118 cm³/mol. The molecule has 6 nitrogen and oxygen atoms in total. The summed E-state index contributed by atoms with van der Waals surface area (Å²) in [4.78, 5) is 4.81. The Morgan fingerprint density at radius 1 is 1.14 bits per heavy atom. The number of benzene rings is 2. The molecule has 29 heavy (non-hydrogen) atoms. The number of halogens is 1. The summed E-state index contributed by atoms with van der Waals surface area (Å²) in [6, 6.07) is 14.3. The van der Waals surface area contributed by atoms with Crippen molar-refractivity contribution in [3.05, 3.63) is 64.5 Å². The first-order valence-corrected chi connectivity index (χ1v) is 11.8. The van der Waals surface area contributed by atoms with Crippen LogP contribution in [-0.2, 0) is 10.0 Å². The summed E-state index contributed by atoms with van der Waals surface area (Å²) in [5, 5.41) is 7.32. The van der Waals surface area contributed by atoms with E-state index in [4.69, 9.17) is 11.6 Å². The van der Waals surface area contributed by atoms with Crippen LogP contribution in [0.4, 0.5) is 5.13 Å². The van der Waals surface area contributed by atoms with Crippen LogP contribution in [0.5, 0.6) is 0 Å². The average molecular weight is 447 g/mol. The maximum absolute atomic E-state index is 12.8. The van der Waals surface area contributed by atoms with Gasteiger partial charge in [0, 0.05) is 29.1 Å². The summed E-state index contributed by atoms with van der Waals surface area (Å²) in [6.07, 6.45) is 3.49. The molecule has 0 bridgehead atoms. The number of nitrogens with zero attached hydrogens (tertiary/aromatic N) is 3. The number of hydrazone groups is 1. The van der Waals surface area contributed by atoms with E-state index in [-0.39, 0.29) is 0 Å². The van der Waals surface area contributed by atoms with Gasteiger partial charge in [0.05, 0.1) is 16.8 Å². The van der Waals surface area contributed by atoms with E-state index < -0.39 is 10.0 Å². The molecule has 1 N–H and O–H groups in total. The summed E-state index contributed by atoms with van der Waals surface area (Å²) in [5.74, 6) is 0. The Kier molecular flexibility index (Phi) is 5.96. The Morgan fingerprint density at radius 3 is 2.72 bits per heavy atom. The molecule has 0 unspecified atom stereocenters. The van der Waals surface area contributed by atoms with Crippen molar-refractivity contribution >= 4 is 44.3 Å². The molecule has 0 atom stereocenters. The molecule has 1 aliphatic heterocycles. The first-order chi connectivity index (χ1) is 14.0. The summed E-state index contributed by atoms with van der Waals surface area (Å²) in [6.45, 7) is 1.17. The molecule has 3 aromatic rings. The molecule has 0 saturated carbocycles. The number of aromatic nitrogens is 1. The first-order valence-electron chi connectivity index (χ1n) is 9.13. The summed E-state index contributed by atoms with van der Waals surface area (Å²) >= 11 is 7.36. The van der Waals surface area contributed by atoms with Crippen LogP contribution >= 0.6 is 22.9 Å². The third-order valence-corrected chi connectivity index (χ3v) is 7.44. The lowest BCUT2D eigenvalue weighted by atomic mass is 10.2. The van der Waals surface area contributed by atoms with Gasteiger partial charge in [-0.05, 0) is 42.7 Å². The fourth-order valence-electron chi connectivity index (χ4n) is 3.10. The number of hydrogen-bond donors (Lipinski definition) is 1. The van der Waals surface area contributed by atoms with Gasteiger partial charge in [0.15, 0.2) is 0 Å². The van der Waals surface area contributed by atoms with Crippen molar-refractivity contribution in [2.45, 2.75) is 17.7 Å². The Labute approximate surface area is 178 Å². The van der Waals surface area contributed by atoms with E-state index in [1.807, 2.05) is 29.6 Å². The SMILES string of the molecule is O=S(=O)(c1cccc(-c2csc(NN=Cc3cccc(Cl)c3)n2)c1)N1CCCC1. The molecule has 1 aromatic heterocycles. The molecule has 0 spiro atoms. The van der Waals surface area contributed by atoms with E-state index in [1.54, 1.807) is 34.8 Å². The Hall–Kier alpha value is -2.26. The normalized spacial score (nSPS) is 15.2. The molecule has 0 amide bonds. The van der Waals surface area contributed by atoms with Gasteiger partial charge in [-0.3, -0.25) is 5.43 Å². The summed E-state index contributed by atoms with van der Waals surface area (Å²) in [7, 11) is -3.45. The van der Waals surface area contributed by atoms with Gasteiger partial charge in [0.25, 0.3) is 0 Å². The highest BCUT2D eigenvalue weighted by molar-refractivity contribution is 7.89. The molecule has 4 rings (SSSR count). The second-order valence-electron chi connectivity index (χ2n) is 6.60. The molecule has 2 aromatic carbocycles. The van der Waals surface area contributed by atoms with Crippen LogP contribution in [0.25, 0.3) is 11.3 Å². The van der Waals surface area contributed by atoms with Crippen LogP contribution in [0.3, 0.4) is 0 Å². The van der Waals surface area contributed by atoms with Crippen molar-refractivity contribution in [3.63, 3.8) is 0 Å². The second kappa shape index (κ2) is 8.62. The minimum atomic E-state index is -3.45. The van der Waals surface area contributed by atoms with Crippen molar-refractivity contribution in [2.24, 2.45) is 5.10 Å². The lowest BCUT2D eigenvalue weighted by Gasteiger charge is -2.15. The molecular formula is C20H19ClN4O2S2. The van der Waals surface area contributed by atoms with Gasteiger partial charge >= 0.3 is 0 Å². The molecule has 2 heterocycles. The van der Waals surface area contributed by atoms with Gasteiger partial charge in [-0.2, -0.15) is 9.41 Å². The maximum Gasteiger partial charge on any atom is 0.243 e. The highest BCUT2D eigenvalue weighted by Gasteiger charge is 2.27. The maximum atomic E-state index is 12.8. The minimum absolute atomic E-state index is 0.304. The van der Waals surface area contributed by atoms with Crippen LogP contribution in [0.2, 0.25) is 5.02 Å². The number of anilines is 1. The quantitative estimate of drug-likeness (QED) is 0.440. The Morgan fingerprint density at radius 2 is 1.93 bits per heavy atom. The van der Waals surface area contributed by atoms with Crippen LogP contribution in [-0.4, -0.2) is 37.0 Å². The third kappa shape index (κ3) is 4.67. The molecule has 150 valence electrons. The standard InChI is InChI=1S/C20H19ClN4O2S2/c21-17-7-3-5-15(11-17)13-22-24-20-23-19(14-28-20)16-6-4-8-18(12-16)29(26,27)25-9-1-2-10-25/h3-8,11-14H,1-2,9-10H2,(H,23,24). The molecule has 1 saturated heterocycles. The van der Waals surface area contributed by atoms with Crippen molar-refractivity contribution in [1.29, 1.82) is 0 Å². The number of thiazole rings is 1.